The molecule has 7 saturated carbocycles. The van der Waals surface area contributed by atoms with Crippen LogP contribution in [0.4, 0.5) is 0 Å². The summed E-state index contributed by atoms with van der Waals surface area (Å²) in [5.41, 5.74) is 0.646. The summed E-state index contributed by atoms with van der Waals surface area (Å²) in [6.45, 7) is 2.25. The Bertz CT molecular complexity index is 1350. The van der Waals surface area contributed by atoms with E-state index in [1.54, 1.807) is 0 Å². The highest BCUT2D eigenvalue weighted by atomic mass is 28.6. The van der Waals surface area contributed by atoms with Gasteiger partial charge in [-0.05, 0) is 89.9 Å². The lowest BCUT2D eigenvalue weighted by Gasteiger charge is -2.66. The predicted octanol–water partition coefficient (Wildman–Crippen LogP) is 10.8. The van der Waals surface area contributed by atoms with E-state index in [0.717, 1.165) is 186 Å². The maximum absolute atomic E-state index is 8.43. The first-order valence-electron chi connectivity index (χ1n) is 24.7. The van der Waals surface area contributed by atoms with E-state index in [2.05, 4.69) is 6.92 Å². The van der Waals surface area contributed by atoms with Crippen LogP contribution < -0.4 is 0 Å². The molecule has 0 radical (unpaired) electrons. The van der Waals surface area contributed by atoms with E-state index in [1.807, 2.05) is 0 Å². The third-order valence-corrected chi connectivity index (χ3v) is 56.8. The van der Waals surface area contributed by atoms with Crippen molar-refractivity contribution in [2.75, 3.05) is 0 Å². The van der Waals surface area contributed by atoms with E-state index < -0.39 is 70.4 Å². The largest absolute Gasteiger partial charge is 0.482 e. The highest BCUT2D eigenvalue weighted by molar-refractivity contribution is 7.04. The van der Waals surface area contributed by atoms with Crippen molar-refractivity contribution in [3.05, 3.63) is 0 Å². The van der Waals surface area contributed by atoms with Crippen molar-refractivity contribution in [3.63, 3.8) is 0 Å². The molecule has 0 aromatic rings. The van der Waals surface area contributed by atoms with Crippen LogP contribution in [-0.2, 0) is 49.4 Å². The molecule has 0 aromatic carbocycles. The zero-order valence-electron chi connectivity index (χ0n) is 35.2. The van der Waals surface area contributed by atoms with Crippen LogP contribution in [0.25, 0.3) is 0 Å². The molecule has 0 N–H and O–H groups in total. The fraction of sp³-hybridized carbons (Fsp3) is 1.00. The van der Waals surface area contributed by atoms with E-state index >= 15 is 0 Å². The fourth-order valence-electron chi connectivity index (χ4n) is 14.1. The molecule has 20 heteroatoms. The minimum Gasteiger partial charge on any atom is -0.373 e. The quantitative estimate of drug-likeness (QED) is 0.205. The molecule has 6 saturated heterocycles. The fourth-order valence-corrected chi connectivity index (χ4v) is 70.2. The second-order valence-corrected chi connectivity index (χ2v) is 46.6. The molecular formula is C38H70O12Si8. The minimum atomic E-state index is -3.85. The minimum absolute atomic E-state index is 0.0897. The summed E-state index contributed by atoms with van der Waals surface area (Å²) in [4.78, 5) is 0. The summed E-state index contributed by atoms with van der Waals surface area (Å²) in [7, 11) is -30.6. The Balaban J connectivity index is 1.18. The summed E-state index contributed by atoms with van der Waals surface area (Å²) in [6.07, 6.45) is 30.7. The Kier molecular flexibility index (Phi) is 10.6. The van der Waals surface area contributed by atoms with E-state index in [0.29, 0.717) is 6.04 Å². The van der Waals surface area contributed by atoms with Gasteiger partial charge < -0.3 is 49.4 Å². The van der Waals surface area contributed by atoms with E-state index in [4.69, 9.17) is 49.4 Å². The van der Waals surface area contributed by atoms with Crippen LogP contribution in [0.2, 0.25) is 44.8 Å². The molecule has 12 nitrogen and oxygen atoms in total. The maximum atomic E-state index is 8.43. The molecule has 326 valence electrons. The average molecular weight is 944 g/mol. The predicted molar refractivity (Wildman–Crippen MR) is 230 cm³/mol. The smallest absolute Gasteiger partial charge is 0.373 e. The third kappa shape index (κ3) is 6.40. The lowest BCUT2D eigenvalue weighted by molar-refractivity contribution is -0.0457. The van der Waals surface area contributed by atoms with Crippen LogP contribution >= 0.6 is 0 Å². The van der Waals surface area contributed by atoms with Crippen LogP contribution in [0, 0.1) is 0 Å². The first-order valence-corrected chi connectivity index (χ1v) is 39.2. The normalized spacial score (nSPS) is 50.0. The van der Waals surface area contributed by atoms with Crippen LogP contribution in [0.15, 0.2) is 0 Å². The molecule has 6 aliphatic heterocycles. The van der Waals surface area contributed by atoms with Gasteiger partial charge in [0.15, 0.2) is 0 Å². The van der Waals surface area contributed by atoms with E-state index in [1.165, 1.54) is 0 Å². The van der Waals surface area contributed by atoms with Crippen molar-refractivity contribution < 1.29 is 49.4 Å². The second kappa shape index (κ2) is 15.2. The third-order valence-electron chi connectivity index (χ3n) is 17.0. The Labute approximate surface area is 356 Å². The Morgan fingerprint density at radius 1 is 0.259 bits per heavy atom. The van der Waals surface area contributed by atoms with Crippen molar-refractivity contribution in [1.29, 1.82) is 0 Å². The van der Waals surface area contributed by atoms with Gasteiger partial charge in [-0.3, -0.25) is 0 Å². The molecule has 13 rings (SSSR count). The highest BCUT2D eigenvalue weighted by Gasteiger charge is 2.88. The Morgan fingerprint density at radius 2 is 0.414 bits per heavy atom. The number of rotatable bonds is 9. The van der Waals surface area contributed by atoms with Gasteiger partial charge in [-0.2, -0.15) is 0 Å². The summed E-state index contributed by atoms with van der Waals surface area (Å²) < 4.78 is 100. The molecule has 8 bridgehead atoms. The van der Waals surface area contributed by atoms with Crippen molar-refractivity contribution in [2.45, 2.75) is 238 Å². The zero-order valence-corrected chi connectivity index (χ0v) is 43.2. The summed E-state index contributed by atoms with van der Waals surface area (Å²) >= 11 is 0. The first kappa shape index (κ1) is 40.7. The van der Waals surface area contributed by atoms with Crippen LogP contribution in [-0.4, -0.2) is 70.4 Å². The number of hydrogen-bond acceptors (Lipinski definition) is 12. The van der Waals surface area contributed by atoms with E-state index in [-0.39, 0.29) is 38.8 Å². The van der Waals surface area contributed by atoms with Gasteiger partial charge in [0.25, 0.3) is 0 Å². The van der Waals surface area contributed by atoms with E-state index in [9.17, 15) is 0 Å². The molecule has 13 aliphatic rings. The first-order chi connectivity index (χ1) is 28.3. The van der Waals surface area contributed by atoms with Crippen molar-refractivity contribution in [3.8, 4) is 0 Å². The SMILES string of the molecule is CCC[Si]12O[Si]3(C4CCCC4)O[Si]4(C5CCCC5)O[Si](C5CCCC5)(O1)O[Si]1(C5CCCC5)O[Si](C5CCCC5)(O2)O[Si](C2CCCC2)(O3)O[Si](C2CCCC2)(O4)O1. The van der Waals surface area contributed by atoms with Gasteiger partial charge in [-0.1, -0.05) is 103 Å². The lowest BCUT2D eigenvalue weighted by Crippen LogP contribution is -2.90. The second-order valence-electron chi connectivity index (χ2n) is 20.8. The van der Waals surface area contributed by atoms with Crippen LogP contribution in [0.5, 0.6) is 0 Å². The van der Waals surface area contributed by atoms with Gasteiger partial charge in [0.2, 0.25) is 0 Å². The number of hydrogen-bond donors (Lipinski definition) is 0. The van der Waals surface area contributed by atoms with Crippen LogP contribution in [0.3, 0.4) is 0 Å². The van der Waals surface area contributed by atoms with Gasteiger partial charge in [-0.15, -0.1) is 0 Å². The Hall–Kier alpha value is 1.26. The standard InChI is InChI=1S/C38H70O12Si8/c1-2-31-51-39-52(32-17-3-4-18-32)42-55(35-23-9-10-24-35)44-53(40-51,33-19-5-6-20-33)46-57(37-27-13-14-28-37)47-54(41-51,34-21-7-8-22-34)45-56(43-52,36-25-11-12-26-36)49-58(48-55,50-57)38-29-15-16-30-38/h32-38H,2-31H2,1H3. The van der Waals surface area contributed by atoms with Gasteiger partial charge in [0, 0.05) is 44.8 Å². The highest BCUT2D eigenvalue weighted by Crippen LogP contribution is 2.66. The zero-order chi connectivity index (χ0) is 38.7. The van der Waals surface area contributed by atoms with Crippen molar-refractivity contribution in [1.82, 2.24) is 0 Å². The molecular weight excluding hydrogens is 873 g/mol. The Morgan fingerprint density at radius 3 is 0.569 bits per heavy atom. The monoisotopic (exact) mass is 942 g/mol. The van der Waals surface area contributed by atoms with Gasteiger partial charge in [0.05, 0.1) is 0 Å². The molecule has 0 amide bonds. The molecule has 13 fully saturated rings. The molecule has 0 aromatic heterocycles. The average Bonchev–Trinajstić information content (AvgIpc) is 4.02. The van der Waals surface area contributed by atoms with Gasteiger partial charge in [0.1, 0.15) is 0 Å². The lowest BCUT2D eigenvalue weighted by atomic mass is 10.4. The molecule has 58 heavy (non-hydrogen) atoms. The maximum Gasteiger partial charge on any atom is 0.482 e. The summed E-state index contributed by atoms with van der Waals surface area (Å²) in [5, 5.41) is 0. The summed E-state index contributed by atoms with van der Waals surface area (Å²) in [6, 6.07) is 0.640. The van der Waals surface area contributed by atoms with Crippen molar-refractivity contribution >= 4 is 70.4 Å². The summed E-state index contributed by atoms with van der Waals surface area (Å²) in [5.74, 6) is 0. The van der Waals surface area contributed by atoms with Crippen molar-refractivity contribution in [2.24, 2.45) is 0 Å². The molecule has 0 spiro atoms. The molecule has 0 atom stereocenters. The van der Waals surface area contributed by atoms with Gasteiger partial charge >= 0.3 is 70.4 Å². The molecule has 7 aliphatic carbocycles. The molecule has 6 heterocycles. The topological polar surface area (TPSA) is 111 Å². The van der Waals surface area contributed by atoms with Gasteiger partial charge in [-0.25, -0.2) is 0 Å². The van der Waals surface area contributed by atoms with Crippen LogP contribution in [0.1, 0.15) is 193 Å². The molecule has 0 unspecified atom stereocenters.